The third-order valence-electron chi connectivity index (χ3n) is 3.95. The molecule has 0 aromatic carbocycles. The molecule has 2 heterocycles. The molecular formula is C12H23N3O. The van der Waals surface area contributed by atoms with Gasteiger partial charge >= 0.3 is 0 Å². The van der Waals surface area contributed by atoms with Crippen molar-refractivity contribution in [2.24, 2.45) is 11.7 Å². The van der Waals surface area contributed by atoms with Gasteiger partial charge in [-0.15, -0.1) is 0 Å². The van der Waals surface area contributed by atoms with Gasteiger partial charge in [0.05, 0.1) is 6.04 Å². The highest BCUT2D eigenvalue weighted by Crippen LogP contribution is 2.27. The summed E-state index contributed by atoms with van der Waals surface area (Å²) in [7, 11) is 0. The standard InChI is InChI=1S/C12H23N3O/c1-8(2)11(13)12(16)14-9-5-7-15-6-3-4-10(9)15/h8-11H,3-7,13H2,1-2H3,(H,14,16)/t9?,10?,11-/m1/s1. The van der Waals surface area contributed by atoms with Crippen molar-refractivity contribution in [1.29, 1.82) is 0 Å². The molecular weight excluding hydrogens is 202 g/mol. The molecule has 16 heavy (non-hydrogen) atoms. The first kappa shape index (κ1) is 11.9. The Hall–Kier alpha value is -0.610. The number of hydrogen-bond donors (Lipinski definition) is 2. The summed E-state index contributed by atoms with van der Waals surface area (Å²) in [5.41, 5.74) is 5.85. The second-order valence-electron chi connectivity index (χ2n) is 5.42. The fourth-order valence-corrected chi connectivity index (χ4v) is 2.83. The van der Waals surface area contributed by atoms with Crippen LogP contribution in [0, 0.1) is 5.92 Å². The van der Waals surface area contributed by atoms with Gasteiger partial charge in [0.25, 0.3) is 0 Å². The number of nitrogens with two attached hydrogens (primary N) is 1. The quantitative estimate of drug-likeness (QED) is 0.727. The fourth-order valence-electron chi connectivity index (χ4n) is 2.83. The molecule has 92 valence electrons. The van der Waals surface area contributed by atoms with E-state index in [0.29, 0.717) is 12.1 Å². The first-order chi connectivity index (χ1) is 7.59. The number of rotatable bonds is 3. The van der Waals surface area contributed by atoms with Crippen LogP contribution in [-0.4, -0.2) is 42.0 Å². The van der Waals surface area contributed by atoms with E-state index >= 15 is 0 Å². The number of carbonyl (C=O) groups is 1. The van der Waals surface area contributed by atoms with E-state index in [1.165, 1.54) is 19.4 Å². The third-order valence-corrected chi connectivity index (χ3v) is 3.95. The largest absolute Gasteiger partial charge is 0.350 e. The Bertz CT molecular complexity index is 267. The molecule has 2 unspecified atom stereocenters. The van der Waals surface area contributed by atoms with Gasteiger partial charge in [-0.25, -0.2) is 0 Å². The van der Waals surface area contributed by atoms with E-state index in [1.807, 2.05) is 13.8 Å². The van der Waals surface area contributed by atoms with E-state index < -0.39 is 0 Å². The summed E-state index contributed by atoms with van der Waals surface area (Å²) in [5, 5.41) is 3.13. The summed E-state index contributed by atoms with van der Waals surface area (Å²) < 4.78 is 0. The topological polar surface area (TPSA) is 58.4 Å². The fraction of sp³-hybridized carbons (Fsp3) is 0.917. The molecule has 2 fully saturated rings. The number of hydrogen-bond acceptors (Lipinski definition) is 3. The molecule has 4 heteroatoms. The molecule has 0 spiro atoms. The van der Waals surface area contributed by atoms with Crippen LogP contribution in [0.15, 0.2) is 0 Å². The molecule has 4 nitrogen and oxygen atoms in total. The van der Waals surface area contributed by atoms with E-state index in [0.717, 1.165) is 13.0 Å². The summed E-state index contributed by atoms with van der Waals surface area (Å²) in [5.74, 6) is 0.231. The average molecular weight is 225 g/mol. The zero-order valence-electron chi connectivity index (χ0n) is 10.3. The van der Waals surface area contributed by atoms with Crippen LogP contribution in [0.3, 0.4) is 0 Å². The Morgan fingerprint density at radius 2 is 2.12 bits per heavy atom. The van der Waals surface area contributed by atoms with Crippen molar-refractivity contribution in [3.05, 3.63) is 0 Å². The average Bonchev–Trinajstić information content (AvgIpc) is 2.81. The van der Waals surface area contributed by atoms with Crippen LogP contribution in [-0.2, 0) is 4.79 Å². The van der Waals surface area contributed by atoms with Crippen LogP contribution in [0.5, 0.6) is 0 Å². The SMILES string of the molecule is CC(C)[C@@H](N)C(=O)NC1CCN2CCCC12. The minimum absolute atomic E-state index is 0.0220. The Morgan fingerprint density at radius 3 is 2.81 bits per heavy atom. The number of nitrogens with one attached hydrogen (secondary N) is 1. The Labute approximate surface area is 97.6 Å². The second kappa shape index (κ2) is 4.72. The van der Waals surface area contributed by atoms with Gasteiger partial charge in [0.1, 0.15) is 0 Å². The number of fused-ring (bicyclic) bond motifs is 1. The minimum atomic E-state index is -0.365. The molecule has 2 rings (SSSR count). The monoisotopic (exact) mass is 225 g/mol. The highest BCUT2D eigenvalue weighted by Gasteiger charge is 2.38. The smallest absolute Gasteiger partial charge is 0.237 e. The van der Waals surface area contributed by atoms with Crippen molar-refractivity contribution in [1.82, 2.24) is 10.2 Å². The predicted octanol–water partition coefficient (Wildman–Crippen LogP) is 0.323. The molecule has 0 aromatic heterocycles. The van der Waals surface area contributed by atoms with Gasteiger partial charge in [-0.3, -0.25) is 9.69 Å². The summed E-state index contributed by atoms with van der Waals surface area (Å²) in [6.07, 6.45) is 3.58. The molecule has 0 aromatic rings. The maximum absolute atomic E-state index is 11.9. The van der Waals surface area contributed by atoms with Gasteiger partial charge in [0, 0.05) is 18.6 Å². The lowest BCUT2D eigenvalue weighted by Crippen LogP contribution is -2.50. The highest BCUT2D eigenvalue weighted by atomic mass is 16.2. The highest BCUT2D eigenvalue weighted by molar-refractivity contribution is 5.82. The number of carbonyl (C=O) groups excluding carboxylic acids is 1. The Morgan fingerprint density at radius 1 is 1.38 bits per heavy atom. The van der Waals surface area contributed by atoms with Gasteiger partial charge in [-0.1, -0.05) is 13.8 Å². The van der Waals surface area contributed by atoms with Crippen molar-refractivity contribution in [2.75, 3.05) is 13.1 Å². The van der Waals surface area contributed by atoms with Crippen molar-refractivity contribution in [3.8, 4) is 0 Å². The second-order valence-corrected chi connectivity index (χ2v) is 5.42. The van der Waals surface area contributed by atoms with Crippen LogP contribution >= 0.6 is 0 Å². The third kappa shape index (κ3) is 2.23. The predicted molar refractivity (Wildman–Crippen MR) is 64.0 cm³/mol. The molecule has 0 aliphatic carbocycles. The molecule has 0 bridgehead atoms. The number of nitrogens with zero attached hydrogens (tertiary/aromatic N) is 1. The van der Waals surface area contributed by atoms with Gasteiger partial charge < -0.3 is 11.1 Å². The Kier molecular flexibility index (Phi) is 3.50. The van der Waals surface area contributed by atoms with Crippen molar-refractivity contribution in [2.45, 2.75) is 51.2 Å². The lowest BCUT2D eigenvalue weighted by Gasteiger charge is -2.24. The van der Waals surface area contributed by atoms with Crippen LogP contribution in [0.4, 0.5) is 0 Å². The molecule has 2 aliphatic heterocycles. The maximum Gasteiger partial charge on any atom is 0.237 e. The van der Waals surface area contributed by atoms with Crippen LogP contribution in [0.2, 0.25) is 0 Å². The molecule has 0 saturated carbocycles. The zero-order valence-corrected chi connectivity index (χ0v) is 10.3. The lowest BCUT2D eigenvalue weighted by atomic mass is 10.0. The van der Waals surface area contributed by atoms with Crippen LogP contribution < -0.4 is 11.1 Å². The van der Waals surface area contributed by atoms with E-state index in [2.05, 4.69) is 10.2 Å². The minimum Gasteiger partial charge on any atom is -0.350 e. The lowest BCUT2D eigenvalue weighted by molar-refractivity contribution is -0.124. The van der Waals surface area contributed by atoms with E-state index in [1.54, 1.807) is 0 Å². The van der Waals surface area contributed by atoms with Gasteiger partial charge in [0.15, 0.2) is 0 Å². The molecule has 2 aliphatic rings. The van der Waals surface area contributed by atoms with E-state index in [-0.39, 0.29) is 17.9 Å². The molecule has 1 amide bonds. The van der Waals surface area contributed by atoms with Gasteiger partial charge in [-0.2, -0.15) is 0 Å². The van der Waals surface area contributed by atoms with Crippen molar-refractivity contribution in [3.63, 3.8) is 0 Å². The van der Waals surface area contributed by atoms with Gasteiger partial charge in [-0.05, 0) is 31.7 Å². The normalized spacial score (nSPS) is 31.8. The summed E-state index contributed by atoms with van der Waals surface area (Å²) in [4.78, 5) is 14.4. The van der Waals surface area contributed by atoms with Gasteiger partial charge in [0.2, 0.25) is 5.91 Å². The molecule has 2 saturated heterocycles. The van der Waals surface area contributed by atoms with E-state index in [4.69, 9.17) is 5.73 Å². The molecule has 3 atom stereocenters. The van der Waals surface area contributed by atoms with Crippen molar-refractivity contribution < 1.29 is 4.79 Å². The molecule has 3 N–H and O–H groups in total. The first-order valence-electron chi connectivity index (χ1n) is 6.39. The summed E-state index contributed by atoms with van der Waals surface area (Å²) in [6, 6.07) is 0.540. The zero-order chi connectivity index (χ0) is 11.7. The van der Waals surface area contributed by atoms with Crippen LogP contribution in [0.1, 0.15) is 33.1 Å². The van der Waals surface area contributed by atoms with Crippen molar-refractivity contribution >= 4 is 5.91 Å². The Balaban J connectivity index is 1.88. The van der Waals surface area contributed by atoms with Crippen LogP contribution in [0.25, 0.3) is 0 Å². The first-order valence-corrected chi connectivity index (χ1v) is 6.39. The van der Waals surface area contributed by atoms with E-state index in [9.17, 15) is 4.79 Å². The molecule has 0 radical (unpaired) electrons. The summed E-state index contributed by atoms with van der Waals surface area (Å²) >= 11 is 0. The summed E-state index contributed by atoms with van der Waals surface area (Å²) in [6.45, 7) is 6.31. The number of amides is 1. The maximum atomic E-state index is 11.9.